The molecule has 9 heteroatoms. The zero-order valence-corrected chi connectivity index (χ0v) is 15.1. The van der Waals surface area contributed by atoms with Crippen LogP contribution in [0.2, 0.25) is 0 Å². The highest BCUT2D eigenvalue weighted by Gasteiger charge is 2.46. The van der Waals surface area contributed by atoms with Crippen molar-refractivity contribution in [2.45, 2.75) is 17.0 Å². The van der Waals surface area contributed by atoms with Crippen molar-refractivity contribution in [1.29, 1.82) is 0 Å². The second-order valence-electron chi connectivity index (χ2n) is 6.56. The van der Waals surface area contributed by atoms with E-state index >= 15 is 0 Å². The first-order chi connectivity index (χ1) is 12.8. The Morgan fingerprint density at radius 1 is 1.07 bits per heavy atom. The number of rotatable bonds is 2. The van der Waals surface area contributed by atoms with Gasteiger partial charge in [0.05, 0.1) is 23.0 Å². The van der Waals surface area contributed by atoms with Crippen LogP contribution in [0.3, 0.4) is 0 Å². The minimum atomic E-state index is -3.96. The number of benzene rings is 2. The lowest BCUT2D eigenvalue weighted by Gasteiger charge is -2.25. The molecule has 0 N–H and O–H groups in total. The van der Waals surface area contributed by atoms with Gasteiger partial charge in [-0.1, -0.05) is 6.07 Å². The molecule has 2 aromatic carbocycles. The number of likely N-dealkylation sites (N-methyl/N-ethyl adjacent to an activating group) is 1. The summed E-state index contributed by atoms with van der Waals surface area (Å²) in [4.78, 5) is 13.9. The Morgan fingerprint density at radius 2 is 1.81 bits per heavy atom. The molecule has 0 radical (unpaired) electrons. The largest absolute Gasteiger partial charge is 0.486 e. The van der Waals surface area contributed by atoms with Crippen LogP contribution in [-0.2, 0) is 10.0 Å². The standard InChI is InChI=1S/C18H16F2N2O4S/c1-21-15-9-22(27(24,25)13-4-2-3-11(19)7-13)10-17(15)26-16-8-12(20)5-6-14(16)18(21)23/h2-8,15,17H,9-10H2,1H3. The first kappa shape index (κ1) is 17.9. The molecule has 2 heterocycles. The van der Waals surface area contributed by atoms with Crippen molar-refractivity contribution in [1.82, 2.24) is 9.21 Å². The number of carbonyl (C=O) groups excluding carboxylic acids is 1. The molecule has 2 aliphatic heterocycles. The highest BCUT2D eigenvalue weighted by atomic mass is 32.2. The van der Waals surface area contributed by atoms with E-state index in [0.717, 1.165) is 22.5 Å². The van der Waals surface area contributed by atoms with Gasteiger partial charge in [-0.2, -0.15) is 4.31 Å². The molecular weight excluding hydrogens is 378 g/mol. The molecule has 27 heavy (non-hydrogen) atoms. The van der Waals surface area contributed by atoms with Crippen LogP contribution in [0.15, 0.2) is 47.4 Å². The van der Waals surface area contributed by atoms with Crippen molar-refractivity contribution in [3.63, 3.8) is 0 Å². The molecule has 0 bridgehead atoms. The molecule has 1 fully saturated rings. The zero-order valence-electron chi connectivity index (χ0n) is 14.3. The average Bonchev–Trinajstić information content (AvgIpc) is 3.02. The number of hydrogen-bond donors (Lipinski definition) is 0. The molecular formula is C18H16F2N2O4S. The second-order valence-corrected chi connectivity index (χ2v) is 8.50. The van der Waals surface area contributed by atoms with Gasteiger partial charge in [0.1, 0.15) is 23.5 Å². The molecule has 142 valence electrons. The summed E-state index contributed by atoms with van der Waals surface area (Å²) in [6, 6.07) is 7.84. The molecule has 4 rings (SSSR count). The van der Waals surface area contributed by atoms with E-state index in [1.54, 1.807) is 7.05 Å². The summed E-state index contributed by atoms with van der Waals surface area (Å²) in [5, 5.41) is 0. The van der Waals surface area contributed by atoms with Crippen molar-refractivity contribution in [2.24, 2.45) is 0 Å². The Balaban J connectivity index is 1.68. The fraction of sp³-hybridized carbons (Fsp3) is 0.278. The predicted molar refractivity (Wildman–Crippen MR) is 91.9 cm³/mol. The zero-order chi connectivity index (χ0) is 19.3. The van der Waals surface area contributed by atoms with E-state index in [-0.39, 0.29) is 35.2 Å². The lowest BCUT2D eigenvalue weighted by atomic mass is 10.1. The third kappa shape index (κ3) is 2.96. The predicted octanol–water partition coefficient (Wildman–Crippen LogP) is 1.87. The Morgan fingerprint density at radius 3 is 2.56 bits per heavy atom. The van der Waals surface area contributed by atoms with Crippen molar-refractivity contribution in [3.05, 3.63) is 59.7 Å². The Labute approximate surface area is 155 Å². The Kier molecular flexibility index (Phi) is 4.15. The number of halogens is 2. The van der Waals surface area contributed by atoms with Gasteiger partial charge in [0, 0.05) is 19.7 Å². The number of fused-ring (bicyclic) bond motifs is 2. The monoisotopic (exact) mass is 394 g/mol. The molecule has 1 amide bonds. The molecule has 0 saturated carbocycles. The topological polar surface area (TPSA) is 66.9 Å². The highest BCUT2D eigenvalue weighted by Crippen LogP contribution is 2.33. The van der Waals surface area contributed by atoms with E-state index in [4.69, 9.17) is 4.74 Å². The van der Waals surface area contributed by atoms with Crippen molar-refractivity contribution < 1.29 is 26.7 Å². The van der Waals surface area contributed by atoms with Crippen LogP contribution in [0, 0.1) is 11.6 Å². The van der Waals surface area contributed by atoms with E-state index in [1.165, 1.54) is 29.2 Å². The summed E-state index contributed by atoms with van der Waals surface area (Å²) >= 11 is 0. The van der Waals surface area contributed by atoms with Gasteiger partial charge in [0.15, 0.2) is 0 Å². The summed E-state index contributed by atoms with van der Waals surface area (Å²) in [7, 11) is -2.40. The summed E-state index contributed by atoms with van der Waals surface area (Å²) in [5.41, 5.74) is 0.229. The van der Waals surface area contributed by atoms with Gasteiger partial charge in [-0.15, -0.1) is 0 Å². The van der Waals surface area contributed by atoms with E-state index in [1.807, 2.05) is 0 Å². The maximum absolute atomic E-state index is 13.6. The molecule has 0 spiro atoms. The molecule has 0 aliphatic carbocycles. The molecule has 2 aromatic rings. The van der Waals surface area contributed by atoms with Gasteiger partial charge in [0.2, 0.25) is 10.0 Å². The van der Waals surface area contributed by atoms with Gasteiger partial charge in [-0.3, -0.25) is 4.79 Å². The summed E-state index contributed by atoms with van der Waals surface area (Å²) in [6.45, 7) is -0.0285. The molecule has 1 saturated heterocycles. The Bertz CT molecular complexity index is 1030. The van der Waals surface area contributed by atoms with Crippen LogP contribution in [0.4, 0.5) is 8.78 Å². The molecule has 2 unspecified atom stereocenters. The fourth-order valence-electron chi connectivity index (χ4n) is 3.46. The lowest BCUT2D eigenvalue weighted by Crippen LogP contribution is -2.44. The fourth-order valence-corrected chi connectivity index (χ4v) is 4.96. The molecule has 0 aromatic heterocycles. The van der Waals surface area contributed by atoms with Crippen LogP contribution in [0.5, 0.6) is 5.75 Å². The number of hydrogen-bond acceptors (Lipinski definition) is 4. The van der Waals surface area contributed by atoms with Crippen molar-refractivity contribution in [3.8, 4) is 5.75 Å². The maximum Gasteiger partial charge on any atom is 0.257 e. The van der Waals surface area contributed by atoms with Crippen LogP contribution < -0.4 is 4.74 Å². The first-order valence-corrected chi connectivity index (χ1v) is 9.70. The van der Waals surface area contributed by atoms with Crippen molar-refractivity contribution >= 4 is 15.9 Å². The van der Waals surface area contributed by atoms with E-state index in [0.29, 0.717) is 0 Å². The molecule has 2 aliphatic rings. The van der Waals surface area contributed by atoms with Gasteiger partial charge < -0.3 is 9.64 Å². The SMILES string of the molecule is CN1C(=O)c2ccc(F)cc2OC2CN(S(=O)(=O)c3cccc(F)c3)CC21. The third-order valence-electron chi connectivity index (χ3n) is 4.91. The molecule has 6 nitrogen and oxygen atoms in total. The van der Waals surface area contributed by atoms with Crippen LogP contribution in [0.25, 0.3) is 0 Å². The minimum Gasteiger partial charge on any atom is -0.486 e. The summed E-state index contributed by atoms with van der Waals surface area (Å²) in [6.07, 6.45) is -0.662. The number of sulfonamides is 1. The van der Waals surface area contributed by atoms with Gasteiger partial charge in [-0.25, -0.2) is 17.2 Å². The summed E-state index contributed by atoms with van der Waals surface area (Å²) in [5.74, 6) is -1.49. The first-order valence-electron chi connectivity index (χ1n) is 8.26. The maximum atomic E-state index is 13.6. The van der Waals surface area contributed by atoms with Crippen LogP contribution in [0.1, 0.15) is 10.4 Å². The van der Waals surface area contributed by atoms with Gasteiger partial charge in [-0.05, 0) is 30.3 Å². The number of nitrogens with zero attached hydrogens (tertiary/aromatic N) is 2. The second kappa shape index (κ2) is 6.28. The lowest BCUT2D eigenvalue weighted by molar-refractivity contribution is 0.0683. The van der Waals surface area contributed by atoms with Gasteiger partial charge in [0.25, 0.3) is 5.91 Å². The minimum absolute atomic E-state index is 0.00221. The quantitative estimate of drug-likeness (QED) is 0.780. The number of carbonyl (C=O) groups is 1. The summed E-state index contributed by atoms with van der Waals surface area (Å²) < 4.78 is 59.7. The Hall–Kier alpha value is -2.52. The number of ether oxygens (including phenoxy) is 1. The van der Waals surface area contributed by atoms with Crippen molar-refractivity contribution in [2.75, 3.05) is 20.1 Å². The third-order valence-corrected chi connectivity index (χ3v) is 6.74. The smallest absolute Gasteiger partial charge is 0.257 e. The highest BCUT2D eigenvalue weighted by molar-refractivity contribution is 7.89. The normalized spacial score (nSPS) is 22.8. The van der Waals surface area contributed by atoms with E-state index in [2.05, 4.69) is 0 Å². The van der Waals surface area contributed by atoms with E-state index in [9.17, 15) is 22.0 Å². The molecule has 2 atom stereocenters. The van der Waals surface area contributed by atoms with Crippen LogP contribution >= 0.6 is 0 Å². The number of amides is 1. The average molecular weight is 394 g/mol. The van der Waals surface area contributed by atoms with Gasteiger partial charge >= 0.3 is 0 Å². The van der Waals surface area contributed by atoms with E-state index < -0.39 is 33.8 Å². The van der Waals surface area contributed by atoms with Crippen LogP contribution in [-0.4, -0.2) is 55.8 Å².